The number of carboxylic acid groups (broad SMARTS) is 1. The summed E-state index contributed by atoms with van der Waals surface area (Å²) >= 11 is 0. The average molecular weight is 376 g/mol. The predicted molar refractivity (Wildman–Crippen MR) is 96.9 cm³/mol. The van der Waals surface area contributed by atoms with E-state index in [4.69, 9.17) is 4.74 Å². The minimum atomic E-state index is -0.976. The first-order chi connectivity index (χ1) is 13.1. The molecule has 1 saturated heterocycles. The Bertz CT molecular complexity index is 757. The zero-order valence-electron chi connectivity index (χ0n) is 15.5. The van der Waals surface area contributed by atoms with Crippen LogP contribution in [0.3, 0.4) is 0 Å². The number of ether oxygens (including phenoxy) is 1. The topological polar surface area (TPSA) is 80.5 Å². The molecule has 1 aromatic carbocycles. The van der Waals surface area contributed by atoms with Crippen LogP contribution in [0.5, 0.6) is 0 Å². The molecule has 27 heavy (non-hydrogen) atoms. The first-order valence-corrected chi connectivity index (χ1v) is 9.22. The Labute approximate surface area is 157 Å². The lowest BCUT2D eigenvalue weighted by Gasteiger charge is -2.34. The van der Waals surface area contributed by atoms with Gasteiger partial charge in [-0.3, -0.25) is 9.69 Å². The molecule has 3 rings (SSSR count). The summed E-state index contributed by atoms with van der Waals surface area (Å²) in [5, 5.41) is 13.7. The largest absolute Gasteiger partial charge is 0.480 e. The third-order valence-corrected chi connectivity index (χ3v) is 4.75. The first kappa shape index (κ1) is 19.4. The molecule has 146 valence electrons. The van der Waals surface area contributed by atoms with Gasteiger partial charge in [-0.2, -0.15) is 5.10 Å². The van der Waals surface area contributed by atoms with Crippen LogP contribution >= 0.6 is 0 Å². The van der Waals surface area contributed by atoms with Gasteiger partial charge in [-0.15, -0.1) is 0 Å². The molecule has 8 heteroatoms. The third-order valence-electron chi connectivity index (χ3n) is 4.75. The van der Waals surface area contributed by atoms with Crippen LogP contribution in [0.4, 0.5) is 4.39 Å². The Morgan fingerprint density at radius 1 is 1.26 bits per heavy atom. The van der Waals surface area contributed by atoms with Gasteiger partial charge in [0.25, 0.3) is 0 Å². The fourth-order valence-corrected chi connectivity index (χ4v) is 3.49. The molecule has 1 atom stereocenters. The number of aromatic nitrogens is 3. The van der Waals surface area contributed by atoms with Crippen LogP contribution in [0.1, 0.15) is 42.5 Å². The Morgan fingerprint density at radius 3 is 2.59 bits per heavy atom. The van der Waals surface area contributed by atoms with E-state index in [0.29, 0.717) is 24.7 Å². The van der Waals surface area contributed by atoms with Crippen LogP contribution in [0.25, 0.3) is 0 Å². The minimum absolute atomic E-state index is 0.256. The molecule has 0 aliphatic carbocycles. The standard InChI is InChI=1S/C19H25FN4O3/c1-27-12-9-16-21-19(24(22-16)13-17(25)26)18(23-10-3-2-4-11-23)14-5-7-15(20)8-6-14/h5-8,18H,2-4,9-13H2,1H3,(H,25,26). The highest BCUT2D eigenvalue weighted by molar-refractivity contribution is 5.66. The van der Waals surface area contributed by atoms with Crippen LogP contribution in [-0.2, 0) is 22.5 Å². The number of carbonyl (C=O) groups is 1. The summed E-state index contributed by atoms with van der Waals surface area (Å²) in [6.45, 7) is 1.97. The molecule has 1 N–H and O–H groups in total. The number of halogens is 1. The SMILES string of the molecule is COCCc1nc(C(c2ccc(F)cc2)N2CCCCC2)n(CC(=O)O)n1. The number of carboxylic acids is 1. The van der Waals surface area contributed by atoms with Gasteiger partial charge in [0.05, 0.1) is 12.6 Å². The molecule has 0 spiro atoms. The van der Waals surface area contributed by atoms with Gasteiger partial charge in [0.2, 0.25) is 0 Å². The van der Waals surface area contributed by atoms with Gasteiger partial charge >= 0.3 is 5.97 Å². The fourth-order valence-electron chi connectivity index (χ4n) is 3.49. The number of hydrogen-bond acceptors (Lipinski definition) is 5. The van der Waals surface area contributed by atoms with E-state index in [-0.39, 0.29) is 18.4 Å². The number of hydrogen-bond donors (Lipinski definition) is 1. The van der Waals surface area contributed by atoms with E-state index in [2.05, 4.69) is 15.0 Å². The summed E-state index contributed by atoms with van der Waals surface area (Å²) in [5.74, 6) is -0.144. The maximum absolute atomic E-state index is 13.5. The monoisotopic (exact) mass is 376 g/mol. The Morgan fingerprint density at radius 2 is 1.96 bits per heavy atom. The summed E-state index contributed by atoms with van der Waals surface area (Å²) in [6, 6.07) is 6.08. The summed E-state index contributed by atoms with van der Waals surface area (Å²) < 4.78 is 20.0. The van der Waals surface area contributed by atoms with E-state index in [0.717, 1.165) is 31.5 Å². The zero-order chi connectivity index (χ0) is 19.2. The van der Waals surface area contributed by atoms with Crippen molar-refractivity contribution in [2.75, 3.05) is 26.8 Å². The third kappa shape index (κ3) is 4.90. The van der Waals surface area contributed by atoms with Crippen LogP contribution in [0, 0.1) is 5.82 Å². The van der Waals surface area contributed by atoms with Gasteiger partial charge in [0.15, 0.2) is 5.82 Å². The number of nitrogens with zero attached hydrogens (tertiary/aromatic N) is 4. The van der Waals surface area contributed by atoms with Crippen molar-refractivity contribution in [3.8, 4) is 0 Å². The van der Waals surface area contributed by atoms with Gasteiger partial charge in [-0.05, 0) is 43.6 Å². The summed E-state index contributed by atoms with van der Waals surface area (Å²) in [5.41, 5.74) is 0.885. The molecule has 0 saturated carbocycles. The maximum atomic E-state index is 13.5. The fraction of sp³-hybridized carbons (Fsp3) is 0.526. The lowest BCUT2D eigenvalue weighted by atomic mass is 10.0. The van der Waals surface area contributed by atoms with E-state index >= 15 is 0 Å². The Hall–Kier alpha value is -2.32. The highest BCUT2D eigenvalue weighted by Gasteiger charge is 2.29. The molecule has 7 nitrogen and oxygen atoms in total. The second-order valence-electron chi connectivity index (χ2n) is 6.73. The summed E-state index contributed by atoms with van der Waals surface area (Å²) in [4.78, 5) is 18.3. The van der Waals surface area contributed by atoms with Crippen LogP contribution in [0.15, 0.2) is 24.3 Å². The molecule has 1 aliphatic heterocycles. The normalized spacial score (nSPS) is 16.4. The molecule has 1 fully saturated rings. The van der Waals surface area contributed by atoms with Crippen molar-refractivity contribution in [3.63, 3.8) is 0 Å². The van der Waals surface area contributed by atoms with Crippen molar-refractivity contribution in [3.05, 3.63) is 47.3 Å². The van der Waals surface area contributed by atoms with Crippen LogP contribution in [0.2, 0.25) is 0 Å². The second-order valence-corrected chi connectivity index (χ2v) is 6.73. The van der Waals surface area contributed by atoms with Crippen molar-refractivity contribution in [1.82, 2.24) is 19.7 Å². The lowest BCUT2D eigenvalue weighted by Crippen LogP contribution is -2.36. The highest BCUT2D eigenvalue weighted by atomic mass is 19.1. The number of rotatable bonds is 8. The van der Waals surface area contributed by atoms with Crippen molar-refractivity contribution >= 4 is 5.97 Å². The minimum Gasteiger partial charge on any atom is -0.480 e. The molecular weight excluding hydrogens is 351 g/mol. The van der Waals surface area contributed by atoms with Gasteiger partial charge in [-0.25, -0.2) is 14.1 Å². The number of benzene rings is 1. The van der Waals surface area contributed by atoms with Crippen molar-refractivity contribution < 1.29 is 19.0 Å². The quantitative estimate of drug-likeness (QED) is 0.761. The zero-order valence-corrected chi connectivity index (χ0v) is 15.5. The molecule has 2 heterocycles. The van der Waals surface area contributed by atoms with Crippen molar-refractivity contribution in [2.24, 2.45) is 0 Å². The van der Waals surface area contributed by atoms with E-state index in [1.54, 1.807) is 19.2 Å². The predicted octanol–water partition coefficient (Wildman–Crippen LogP) is 2.27. The van der Waals surface area contributed by atoms with Gasteiger partial charge in [0, 0.05) is 13.5 Å². The second kappa shape index (κ2) is 9.05. The van der Waals surface area contributed by atoms with E-state index in [9.17, 15) is 14.3 Å². The molecule has 2 aromatic rings. The van der Waals surface area contributed by atoms with Gasteiger partial charge in [0.1, 0.15) is 18.2 Å². The maximum Gasteiger partial charge on any atom is 0.325 e. The number of piperidine rings is 1. The molecular formula is C19H25FN4O3. The molecule has 1 aromatic heterocycles. The summed E-state index contributed by atoms with van der Waals surface area (Å²) in [7, 11) is 1.60. The van der Waals surface area contributed by atoms with E-state index in [1.807, 2.05) is 0 Å². The Kier molecular flexibility index (Phi) is 6.52. The first-order valence-electron chi connectivity index (χ1n) is 9.22. The Balaban J connectivity index is 2.02. The smallest absolute Gasteiger partial charge is 0.325 e. The van der Waals surface area contributed by atoms with Gasteiger partial charge in [-0.1, -0.05) is 18.6 Å². The average Bonchev–Trinajstić information content (AvgIpc) is 3.04. The van der Waals surface area contributed by atoms with Crippen molar-refractivity contribution in [2.45, 2.75) is 38.3 Å². The van der Waals surface area contributed by atoms with Crippen LogP contribution < -0.4 is 0 Å². The number of aliphatic carboxylic acids is 1. The van der Waals surface area contributed by atoms with Crippen LogP contribution in [-0.4, -0.2) is 57.5 Å². The van der Waals surface area contributed by atoms with E-state index in [1.165, 1.54) is 23.2 Å². The lowest BCUT2D eigenvalue weighted by molar-refractivity contribution is -0.138. The molecule has 0 bridgehead atoms. The van der Waals surface area contributed by atoms with E-state index < -0.39 is 5.97 Å². The molecule has 0 amide bonds. The van der Waals surface area contributed by atoms with Crippen molar-refractivity contribution in [1.29, 1.82) is 0 Å². The molecule has 1 unspecified atom stereocenters. The van der Waals surface area contributed by atoms with Gasteiger partial charge < -0.3 is 9.84 Å². The number of likely N-dealkylation sites (tertiary alicyclic amines) is 1. The summed E-state index contributed by atoms with van der Waals surface area (Å²) in [6.07, 6.45) is 3.82. The number of methoxy groups -OCH3 is 1. The molecule has 1 aliphatic rings. The highest BCUT2D eigenvalue weighted by Crippen LogP contribution is 2.30. The molecule has 0 radical (unpaired) electrons.